The Labute approximate surface area is 366 Å². The lowest BCUT2D eigenvalue weighted by molar-refractivity contribution is 0.391. The Morgan fingerprint density at radius 2 is 0.883 bits per heavy atom. The topological polar surface area (TPSA) is 24.1 Å². The molecule has 0 bridgehead atoms. The largest absolute Gasteiger partial charge is 0.378 e. The fourth-order valence-corrected chi connectivity index (χ4v) is 13.3. The first-order valence-electron chi connectivity index (χ1n) is 25.5. The van der Waals surface area contributed by atoms with E-state index in [1.807, 2.05) is 0 Å². The van der Waals surface area contributed by atoms with Gasteiger partial charge in [-0.25, -0.2) is 0 Å². The molecule has 2 heteroatoms. The number of allylic oxidation sites excluding steroid dienone is 12. The third kappa shape index (κ3) is 9.84. The molecule has 1 aromatic carbocycles. The molecule has 1 aromatic rings. The van der Waals surface area contributed by atoms with Crippen molar-refractivity contribution >= 4 is 11.4 Å². The Morgan fingerprint density at radius 1 is 0.433 bits per heavy atom. The number of hydrogen-bond acceptors (Lipinski definition) is 2. The quantitative estimate of drug-likeness (QED) is 0.230. The van der Waals surface area contributed by atoms with Crippen molar-refractivity contribution in [1.29, 1.82) is 0 Å². The average molecular weight is 805 g/mol. The van der Waals surface area contributed by atoms with Gasteiger partial charge in [-0.1, -0.05) is 104 Å². The molecule has 0 saturated heterocycles. The summed E-state index contributed by atoms with van der Waals surface area (Å²) in [5.41, 5.74) is 14.7. The third-order valence-electron chi connectivity index (χ3n) is 16.6. The minimum absolute atomic E-state index is 0.0518. The van der Waals surface area contributed by atoms with E-state index in [1.54, 1.807) is 33.4 Å². The Bertz CT molecular complexity index is 1790. The minimum Gasteiger partial charge on any atom is -0.378 e. The standard InChI is InChI=1S/C58H80N2/c1-58(2,3)49-38-50(59-56-52(43-24-12-6-13-25-43)32-18-34-54(56)47-30-16-28-45(36-47)41-20-8-4-9-21-41)40-51(39-49)60-57-53(44-26-14-7-15-27-44)33-19-35-55(57)48-31-17-29-46(37-48)42-22-10-5-11-23-42/h4-5,8,10,24,26,28-29,34-35,38-42,47-48,52-53,56-57,59-60H,6-7,9,11-23,25,27,30-33,36-37H2,1-3H3. The van der Waals surface area contributed by atoms with Crippen molar-refractivity contribution < 1.29 is 0 Å². The maximum Gasteiger partial charge on any atom is 0.0542 e. The van der Waals surface area contributed by atoms with Crippen LogP contribution in [0.5, 0.6) is 0 Å². The second kappa shape index (κ2) is 19.4. The van der Waals surface area contributed by atoms with Gasteiger partial charge in [0.25, 0.3) is 0 Å². The van der Waals surface area contributed by atoms with Crippen LogP contribution in [-0.4, -0.2) is 12.1 Å². The van der Waals surface area contributed by atoms with Crippen LogP contribution in [0.15, 0.2) is 112 Å². The van der Waals surface area contributed by atoms with Crippen LogP contribution >= 0.6 is 0 Å². The van der Waals surface area contributed by atoms with Gasteiger partial charge in [0, 0.05) is 23.2 Å². The number of rotatable bonds is 10. The van der Waals surface area contributed by atoms with Gasteiger partial charge in [0.2, 0.25) is 0 Å². The van der Waals surface area contributed by atoms with E-state index >= 15 is 0 Å². The van der Waals surface area contributed by atoms with Crippen molar-refractivity contribution in [2.24, 2.45) is 35.5 Å². The highest BCUT2D eigenvalue weighted by Crippen LogP contribution is 2.47. The van der Waals surface area contributed by atoms with Gasteiger partial charge in [0.15, 0.2) is 0 Å². The average Bonchev–Trinajstić information content (AvgIpc) is 3.30. The highest BCUT2D eigenvalue weighted by atomic mass is 15.0. The Kier molecular flexibility index (Phi) is 13.6. The van der Waals surface area contributed by atoms with Gasteiger partial charge >= 0.3 is 0 Å². The second-order valence-electron chi connectivity index (χ2n) is 21.6. The van der Waals surface area contributed by atoms with Gasteiger partial charge in [0.1, 0.15) is 0 Å². The van der Waals surface area contributed by atoms with E-state index in [0.29, 0.717) is 35.8 Å². The fourth-order valence-electron chi connectivity index (χ4n) is 13.3. The number of benzene rings is 1. The molecular formula is C58H80N2. The summed E-state index contributed by atoms with van der Waals surface area (Å²) in [6, 6.07) is 8.37. The first-order valence-corrected chi connectivity index (χ1v) is 25.5. The van der Waals surface area contributed by atoms with Crippen LogP contribution in [0, 0.1) is 35.5 Å². The molecule has 0 heterocycles. The lowest BCUT2D eigenvalue weighted by Crippen LogP contribution is -2.39. The molecule has 2 N–H and O–H groups in total. The Hall–Kier alpha value is -3.26. The maximum absolute atomic E-state index is 4.43. The van der Waals surface area contributed by atoms with Crippen molar-refractivity contribution in [3.05, 3.63) is 118 Å². The van der Waals surface area contributed by atoms with Crippen LogP contribution in [0.2, 0.25) is 0 Å². The molecule has 0 saturated carbocycles. The molecular weight excluding hydrogens is 725 g/mol. The smallest absolute Gasteiger partial charge is 0.0542 e. The summed E-state index contributed by atoms with van der Waals surface area (Å²) in [7, 11) is 0. The van der Waals surface area contributed by atoms with Crippen molar-refractivity contribution in [3.63, 3.8) is 0 Å². The molecule has 0 spiro atoms. The van der Waals surface area contributed by atoms with Crippen LogP contribution in [0.4, 0.5) is 11.4 Å². The molecule has 0 fully saturated rings. The molecule has 8 atom stereocenters. The van der Waals surface area contributed by atoms with Gasteiger partial charge in [0.05, 0.1) is 12.1 Å². The zero-order valence-corrected chi connectivity index (χ0v) is 38.1. The second-order valence-corrected chi connectivity index (χ2v) is 21.6. The lowest BCUT2D eigenvalue weighted by Gasteiger charge is -2.42. The summed E-state index contributed by atoms with van der Waals surface area (Å²) in [6.07, 6.45) is 56.7. The van der Waals surface area contributed by atoms with E-state index in [4.69, 9.17) is 0 Å². The Balaban J connectivity index is 1.04. The molecule has 0 radical (unpaired) electrons. The first-order chi connectivity index (χ1) is 29.4. The highest BCUT2D eigenvalue weighted by molar-refractivity contribution is 5.63. The van der Waals surface area contributed by atoms with Crippen molar-refractivity contribution in [1.82, 2.24) is 0 Å². The minimum atomic E-state index is 0.0518. The van der Waals surface area contributed by atoms with Gasteiger partial charge < -0.3 is 10.6 Å². The molecule has 0 aromatic heterocycles. The lowest BCUT2D eigenvalue weighted by atomic mass is 9.68. The van der Waals surface area contributed by atoms with Crippen LogP contribution in [0.3, 0.4) is 0 Å². The van der Waals surface area contributed by atoms with E-state index in [1.165, 1.54) is 171 Å². The van der Waals surface area contributed by atoms with Gasteiger partial charge in [-0.3, -0.25) is 0 Å². The summed E-state index contributed by atoms with van der Waals surface area (Å²) in [5, 5.41) is 8.87. The van der Waals surface area contributed by atoms with Crippen molar-refractivity contribution in [2.75, 3.05) is 10.6 Å². The van der Waals surface area contributed by atoms with Crippen molar-refractivity contribution in [3.8, 4) is 0 Å². The predicted molar refractivity (Wildman–Crippen MR) is 258 cm³/mol. The Morgan fingerprint density at radius 3 is 1.30 bits per heavy atom. The molecule has 0 amide bonds. The van der Waals surface area contributed by atoms with Gasteiger partial charge in [-0.05, 0) is 218 Å². The van der Waals surface area contributed by atoms with Gasteiger partial charge in [-0.15, -0.1) is 0 Å². The summed E-state index contributed by atoms with van der Waals surface area (Å²) < 4.78 is 0. The zero-order chi connectivity index (χ0) is 40.9. The molecule has 8 aliphatic carbocycles. The van der Waals surface area contributed by atoms with Crippen LogP contribution in [0.1, 0.15) is 180 Å². The molecule has 322 valence electrons. The van der Waals surface area contributed by atoms with E-state index in [0.717, 1.165) is 11.8 Å². The first kappa shape index (κ1) is 42.1. The molecule has 9 rings (SSSR count). The van der Waals surface area contributed by atoms with E-state index in [9.17, 15) is 0 Å². The maximum atomic E-state index is 4.43. The highest BCUT2D eigenvalue weighted by Gasteiger charge is 2.38. The summed E-state index contributed by atoms with van der Waals surface area (Å²) >= 11 is 0. The fraction of sp³-hybridized carbons (Fsp3) is 0.621. The zero-order valence-electron chi connectivity index (χ0n) is 38.1. The normalized spacial score (nSPS) is 32.8. The van der Waals surface area contributed by atoms with Crippen LogP contribution in [-0.2, 0) is 5.41 Å². The van der Waals surface area contributed by atoms with Crippen molar-refractivity contribution in [2.45, 2.75) is 192 Å². The molecule has 2 nitrogen and oxygen atoms in total. The monoisotopic (exact) mass is 805 g/mol. The molecule has 8 aliphatic rings. The number of anilines is 2. The molecule has 8 unspecified atom stereocenters. The number of hydrogen-bond donors (Lipinski definition) is 2. The molecule has 0 aliphatic heterocycles. The SMILES string of the molecule is CC(C)(C)c1cc(NC2C(C3CCC=C(C4CC=CCC4)C3)=CCCC2C2=CCCCC2)cc(NC2C(C3CCC=C(C4CC=CCC4)C3)=CCCC2C2=CCCCC2)c1. The summed E-state index contributed by atoms with van der Waals surface area (Å²) in [5.74, 6) is 4.01. The van der Waals surface area contributed by atoms with Crippen LogP contribution < -0.4 is 10.6 Å². The number of nitrogens with one attached hydrogen (secondary N) is 2. The van der Waals surface area contributed by atoms with Gasteiger partial charge in [-0.2, -0.15) is 0 Å². The van der Waals surface area contributed by atoms with E-state index in [-0.39, 0.29) is 5.41 Å². The van der Waals surface area contributed by atoms with E-state index < -0.39 is 0 Å². The third-order valence-corrected chi connectivity index (χ3v) is 16.6. The molecule has 60 heavy (non-hydrogen) atoms. The van der Waals surface area contributed by atoms with E-state index in [2.05, 4.69) is 110 Å². The predicted octanol–water partition coefficient (Wildman–Crippen LogP) is 16.4. The summed E-state index contributed by atoms with van der Waals surface area (Å²) in [4.78, 5) is 0. The van der Waals surface area contributed by atoms with Crippen LogP contribution in [0.25, 0.3) is 0 Å². The summed E-state index contributed by atoms with van der Waals surface area (Å²) in [6.45, 7) is 7.27.